The number of piperidine rings is 1. The highest BCUT2D eigenvalue weighted by molar-refractivity contribution is 7.90. The summed E-state index contributed by atoms with van der Waals surface area (Å²) in [6.45, 7) is 14.3. The van der Waals surface area contributed by atoms with Gasteiger partial charge in [0.25, 0.3) is 0 Å². The molecule has 2 heterocycles. The molecule has 1 N–H and O–H groups in total. The lowest BCUT2D eigenvalue weighted by Crippen LogP contribution is -2.45. The van der Waals surface area contributed by atoms with Crippen LogP contribution in [0.25, 0.3) is 11.0 Å². The Balaban J connectivity index is 1.79. The van der Waals surface area contributed by atoms with Crippen molar-refractivity contribution in [3.05, 3.63) is 30.0 Å². The van der Waals surface area contributed by atoms with Crippen molar-refractivity contribution < 1.29 is 12.8 Å². The Bertz CT molecular complexity index is 952. The molecule has 0 radical (unpaired) electrons. The Hall–Kier alpha value is -1.57. The van der Waals surface area contributed by atoms with E-state index in [1.54, 1.807) is 6.07 Å². The van der Waals surface area contributed by atoms with Crippen molar-refractivity contribution in [1.29, 1.82) is 0 Å². The average Bonchev–Trinajstić information content (AvgIpc) is 3.10. The fourth-order valence-corrected chi connectivity index (χ4v) is 6.67. The highest BCUT2D eigenvalue weighted by atomic mass is 32.2. The van der Waals surface area contributed by atoms with Crippen molar-refractivity contribution in [3.63, 3.8) is 0 Å². The first-order valence-electron chi connectivity index (χ1n) is 11.7. The molecule has 1 unspecified atom stereocenters. The molecule has 0 spiro atoms. The fraction of sp³-hybridized carbons (Fsp3) is 0.667. The zero-order valence-electron chi connectivity index (χ0n) is 19.9. The third-order valence-corrected chi connectivity index (χ3v) is 8.34. The fourth-order valence-electron chi connectivity index (χ4n) is 5.03. The maximum Gasteiger partial charge on any atom is 0.302 e. The molecule has 0 aliphatic carbocycles. The van der Waals surface area contributed by atoms with Crippen LogP contribution < -0.4 is 4.72 Å². The predicted molar refractivity (Wildman–Crippen MR) is 129 cm³/mol. The Kier molecular flexibility index (Phi) is 7.71. The first kappa shape index (κ1) is 24.1. The molecule has 1 aliphatic heterocycles. The van der Waals surface area contributed by atoms with Gasteiger partial charge < -0.3 is 9.32 Å². The summed E-state index contributed by atoms with van der Waals surface area (Å²) in [5.74, 6) is 0.445. The summed E-state index contributed by atoms with van der Waals surface area (Å²) in [6.07, 6.45) is 6.54. The van der Waals surface area contributed by atoms with E-state index in [9.17, 15) is 8.42 Å². The normalized spacial score (nSPS) is 17.8. The van der Waals surface area contributed by atoms with Gasteiger partial charge in [-0.05, 0) is 91.1 Å². The van der Waals surface area contributed by atoms with Crippen LogP contribution in [0.4, 0.5) is 5.69 Å². The van der Waals surface area contributed by atoms with Crippen molar-refractivity contribution in [3.8, 4) is 0 Å². The number of benzene rings is 1. The third-order valence-electron chi connectivity index (χ3n) is 6.44. The Morgan fingerprint density at radius 2 is 1.77 bits per heavy atom. The highest BCUT2D eigenvalue weighted by Crippen LogP contribution is 2.36. The van der Waals surface area contributed by atoms with Crippen LogP contribution in [0.2, 0.25) is 0 Å². The molecule has 1 aliphatic rings. The van der Waals surface area contributed by atoms with Gasteiger partial charge in [-0.2, -0.15) is 12.7 Å². The Labute approximate surface area is 188 Å². The van der Waals surface area contributed by atoms with Crippen LogP contribution in [0, 0.1) is 0 Å². The van der Waals surface area contributed by atoms with E-state index in [2.05, 4.69) is 23.5 Å². The van der Waals surface area contributed by atoms with Crippen LogP contribution in [0.1, 0.15) is 78.7 Å². The number of likely N-dealkylation sites (tertiary alicyclic amines) is 1. The number of fused-ring (bicyclic) bond motifs is 1. The average molecular weight is 450 g/mol. The van der Waals surface area contributed by atoms with Crippen LogP contribution in [-0.4, -0.2) is 48.8 Å². The van der Waals surface area contributed by atoms with Crippen LogP contribution in [-0.2, 0) is 10.2 Å². The third kappa shape index (κ3) is 5.44. The van der Waals surface area contributed by atoms with E-state index in [1.807, 2.05) is 46.1 Å². The molecule has 0 saturated carbocycles. The van der Waals surface area contributed by atoms with Crippen LogP contribution in [0.3, 0.4) is 0 Å². The molecule has 2 aromatic rings. The molecule has 6 nitrogen and oxygen atoms in total. The zero-order valence-corrected chi connectivity index (χ0v) is 20.7. The lowest BCUT2D eigenvalue weighted by atomic mass is 9.88. The second kappa shape index (κ2) is 9.92. The summed E-state index contributed by atoms with van der Waals surface area (Å²) in [5.41, 5.74) is 2.59. The number of hydrogen-bond acceptors (Lipinski definition) is 4. The van der Waals surface area contributed by atoms with Crippen molar-refractivity contribution >= 4 is 26.9 Å². The van der Waals surface area contributed by atoms with Gasteiger partial charge >= 0.3 is 10.2 Å². The zero-order chi connectivity index (χ0) is 22.8. The van der Waals surface area contributed by atoms with Gasteiger partial charge in [-0.3, -0.25) is 4.72 Å². The second-order valence-electron chi connectivity index (χ2n) is 9.47. The van der Waals surface area contributed by atoms with Gasteiger partial charge in [0.05, 0.1) is 12.0 Å². The number of furan rings is 1. The van der Waals surface area contributed by atoms with Crippen molar-refractivity contribution in [2.75, 3.05) is 17.8 Å². The summed E-state index contributed by atoms with van der Waals surface area (Å²) in [6, 6.07) is 5.97. The molecule has 0 amide bonds. The molecule has 1 fully saturated rings. The summed E-state index contributed by atoms with van der Waals surface area (Å²) in [5, 5.41) is 1.01. The largest absolute Gasteiger partial charge is 0.464 e. The first-order chi connectivity index (χ1) is 14.6. The quantitative estimate of drug-likeness (QED) is 0.543. The SMILES string of the molecule is CCCC(C)N1CCC(c2coc3ccc(NS(=O)(=O)N(C(C)C)C(C)C)cc23)CC1. The lowest BCUT2D eigenvalue weighted by Gasteiger charge is -2.36. The van der Waals surface area contributed by atoms with Gasteiger partial charge in [0.15, 0.2) is 0 Å². The molecule has 0 bridgehead atoms. The molecular weight excluding hydrogens is 410 g/mol. The van der Waals surface area contributed by atoms with E-state index < -0.39 is 10.2 Å². The molecule has 7 heteroatoms. The molecule has 3 rings (SSSR count). The number of nitrogens with one attached hydrogen (secondary N) is 1. The standard InChI is InChI=1S/C24H39N3O3S/c1-7-8-19(6)26-13-11-20(12-14-26)23-16-30-24-10-9-21(15-22(23)24)25-31(28,29)27(17(2)3)18(4)5/h9-10,15-20,25H,7-8,11-14H2,1-6H3. The van der Waals surface area contributed by atoms with Gasteiger partial charge in [-0.15, -0.1) is 0 Å². The molecule has 1 saturated heterocycles. The Morgan fingerprint density at radius 3 is 2.35 bits per heavy atom. The molecule has 1 aromatic carbocycles. The summed E-state index contributed by atoms with van der Waals surface area (Å²) >= 11 is 0. The van der Waals surface area contributed by atoms with Gasteiger partial charge in [0, 0.05) is 29.1 Å². The van der Waals surface area contributed by atoms with E-state index in [-0.39, 0.29) is 12.1 Å². The molecule has 174 valence electrons. The van der Waals surface area contributed by atoms with Crippen molar-refractivity contribution in [1.82, 2.24) is 9.21 Å². The molecule has 1 atom stereocenters. The smallest absolute Gasteiger partial charge is 0.302 e. The van der Waals surface area contributed by atoms with Gasteiger partial charge in [0.1, 0.15) is 5.58 Å². The minimum absolute atomic E-state index is 0.119. The van der Waals surface area contributed by atoms with Gasteiger partial charge in [0.2, 0.25) is 0 Å². The molecule has 1 aromatic heterocycles. The van der Waals surface area contributed by atoms with E-state index >= 15 is 0 Å². The van der Waals surface area contributed by atoms with E-state index in [4.69, 9.17) is 4.42 Å². The Morgan fingerprint density at radius 1 is 1.13 bits per heavy atom. The predicted octanol–water partition coefficient (Wildman–Crippen LogP) is 5.58. The van der Waals surface area contributed by atoms with Crippen LogP contribution in [0.5, 0.6) is 0 Å². The van der Waals surface area contributed by atoms with Crippen LogP contribution in [0.15, 0.2) is 28.9 Å². The molecule has 31 heavy (non-hydrogen) atoms. The summed E-state index contributed by atoms with van der Waals surface area (Å²) < 4.78 is 36.1. The lowest BCUT2D eigenvalue weighted by molar-refractivity contribution is 0.154. The topological polar surface area (TPSA) is 65.8 Å². The molecular formula is C24H39N3O3S. The first-order valence-corrected chi connectivity index (χ1v) is 13.1. The number of anilines is 1. The van der Waals surface area contributed by atoms with E-state index in [0.29, 0.717) is 17.6 Å². The van der Waals surface area contributed by atoms with Crippen molar-refractivity contribution in [2.45, 2.75) is 91.3 Å². The van der Waals surface area contributed by atoms with Crippen molar-refractivity contribution in [2.24, 2.45) is 0 Å². The van der Waals surface area contributed by atoms with E-state index in [0.717, 1.165) is 36.9 Å². The monoisotopic (exact) mass is 449 g/mol. The maximum absolute atomic E-state index is 13.0. The highest BCUT2D eigenvalue weighted by Gasteiger charge is 2.29. The van der Waals surface area contributed by atoms with E-state index in [1.165, 1.54) is 22.7 Å². The summed E-state index contributed by atoms with van der Waals surface area (Å²) in [4.78, 5) is 2.59. The second-order valence-corrected chi connectivity index (χ2v) is 11.1. The number of rotatable bonds is 9. The maximum atomic E-state index is 13.0. The van der Waals surface area contributed by atoms with Crippen LogP contribution >= 0.6 is 0 Å². The van der Waals surface area contributed by atoms with Gasteiger partial charge in [-0.1, -0.05) is 13.3 Å². The summed E-state index contributed by atoms with van der Waals surface area (Å²) in [7, 11) is -3.64. The number of hydrogen-bond donors (Lipinski definition) is 1. The number of nitrogens with zero attached hydrogens (tertiary/aromatic N) is 2. The minimum Gasteiger partial charge on any atom is -0.464 e. The van der Waals surface area contributed by atoms with Gasteiger partial charge in [-0.25, -0.2) is 0 Å². The minimum atomic E-state index is -3.64.